The van der Waals surface area contributed by atoms with Gasteiger partial charge in [0.05, 0.1) is 6.61 Å². The number of hydrogen-bond acceptors (Lipinski definition) is 2. The van der Waals surface area contributed by atoms with E-state index in [0.717, 1.165) is 0 Å². The van der Waals surface area contributed by atoms with Gasteiger partial charge >= 0.3 is 6.09 Å². The molecule has 0 atom stereocenters. The van der Waals surface area contributed by atoms with Crippen molar-refractivity contribution in [2.24, 2.45) is 0 Å². The highest BCUT2D eigenvalue weighted by Crippen LogP contribution is 2.17. The number of nitrogens with zero attached hydrogens (tertiary/aromatic N) is 1. The van der Waals surface area contributed by atoms with Gasteiger partial charge in [-0.2, -0.15) is 0 Å². The van der Waals surface area contributed by atoms with E-state index >= 15 is 0 Å². The predicted octanol–water partition coefficient (Wildman–Crippen LogP) is 3.20. The van der Waals surface area contributed by atoms with Gasteiger partial charge in [0.1, 0.15) is 5.75 Å². The minimum atomic E-state index is -0.934. The third-order valence-electron chi connectivity index (χ3n) is 3.08. The average Bonchev–Trinajstić information content (AvgIpc) is 2.44. The molecule has 1 N–H and O–H groups in total. The van der Waals surface area contributed by atoms with E-state index in [1.54, 1.807) is 18.2 Å². The maximum Gasteiger partial charge on any atom is 0.407 e. The summed E-state index contributed by atoms with van der Waals surface area (Å²) in [6.07, 6.45) is 10.4. The van der Waals surface area contributed by atoms with Crippen molar-refractivity contribution in [1.82, 2.24) is 4.90 Å². The molecule has 0 heterocycles. The Bertz CT molecular complexity index is 582. The minimum absolute atomic E-state index is 0.387. The van der Waals surface area contributed by atoms with Crippen LogP contribution >= 0.6 is 0 Å². The van der Waals surface area contributed by atoms with E-state index in [1.807, 2.05) is 20.8 Å². The van der Waals surface area contributed by atoms with Gasteiger partial charge in [0.2, 0.25) is 0 Å². The van der Waals surface area contributed by atoms with Crippen molar-refractivity contribution in [3.63, 3.8) is 0 Å². The molecule has 1 rings (SSSR count). The lowest BCUT2D eigenvalue weighted by atomic mass is 10.1. The zero-order chi connectivity index (χ0) is 16.8. The summed E-state index contributed by atoms with van der Waals surface area (Å²) < 4.78 is 5.62. The number of carbonyl (C=O) groups is 1. The summed E-state index contributed by atoms with van der Waals surface area (Å²) in [6, 6.07) is 5.21. The molecule has 1 amide bonds. The van der Waals surface area contributed by atoms with Crippen LogP contribution in [0.1, 0.15) is 38.3 Å². The summed E-state index contributed by atoms with van der Waals surface area (Å²) in [7, 11) is 0. The van der Waals surface area contributed by atoms with Gasteiger partial charge in [-0.25, -0.2) is 4.79 Å². The second-order valence-corrected chi connectivity index (χ2v) is 5.84. The summed E-state index contributed by atoms with van der Waals surface area (Å²) >= 11 is 0. The molecule has 0 aromatic heterocycles. The topological polar surface area (TPSA) is 49.8 Å². The van der Waals surface area contributed by atoms with Crippen molar-refractivity contribution in [2.75, 3.05) is 13.2 Å². The van der Waals surface area contributed by atoms with E-state index in [4.69, 9.17) is 17.6 Å². The molecular formula is C18H21NO3. The summed E-state index contributed by atoms with van der Waals surface area (Å²) in [5.41, 5.74) is 0.880. The smallest absolute Gasteiger partial charge is 0.407 e. The Hall–Kier alpha value is -2.59. The quantitative estimate of drug-likeness (QED) is 0.671. The summed E-state index contributed by atoms with van der Waals surface area (Å²) in [5.74, 6) is 5.65. The van der Waals surface area contributed by atoms with Gasteiger partial charge in [0.15, 0.2) is 0 Å². The molecule has 116 valence electrons. The molecule has 4 heteroatoms. The third-order valence-corrected chi connectivity index (χ3v) is 3.08. The number of hydrogen-bond donors (Lipinski definition) is 1. The fourth-order valence-corrected chi connectivity index (χ4v) is 1.98. The first-order valence-electron chi connectivity index (χ1n) is 6.99. The number of carboxylic acid groups (broad SMARTS) is 1. The Morgan fingerprint density at radius 2 is 1.77 bits per heavy atom. The molecule has 4 nitrogen and oxygen atoms in total. The van der Waals surface area contributed by atoms with Crippen LogP contribution in [0.3, 0.4) is 0 Å². The summed E-state index contributed by atoms with van der Waals surface area (Å²) in [5, 5.41) is 9.20. The number of benzene rings is 1. The molecule has 0 fully saturated rings. The highest BCUT2D eigenvalue weighted by atomic mass is 16.5. The molecule has 0 aliphatic rings. The SMILES string of the molecule is C#Cc1cc(C#C)cc(OCCCN(C(=O)O)C(C)(C)C)c1. The van der Waals surface area contributed by atoms with E-state index in [2.05, 4.69) is 11.8 Å². The Balaban J connectivity index is 2.60. The highest BCUT2D eigenvalue weighted by Gasteiger charge is 2.25. The van der Waals surface area contributed by atoms with Crippen molar-refractivity contribution in [3.05, 3.63) is 29.3 Å². The molecule has 1 aromatic rings. The Morgan fingerprint density at radius 1 is 1.23 bits per heavy atom. The monoisotopic (exact) mass is 299 g/mol. The molecule has 0 aliphatic carbocycles. The van der Waals surface area contributed by atoms with E-state index in [0.29, 0.717) is 36.4 Å². The van der Waals surface area contributed by atoms with Crippen LogP contribution in [0.4, 0.5) is 4.79 Å². The van der Waals surface area contributed by atoms with Crippen LogP contribution in [-0.4, -0.2) is 34.8 Å². The zero-order valence-electron chi connectivity index (χ0n) is 13.2. The van der Waals surface area contributed by atoms with Gasteiger partial charge in [0, 0.05) is 23.2 Å². The number of terminal acetylenes is 2. The maximum absolute atomic E-state index is 11.2. The molecule has 0 spiro atoms. The normalized spacial score (nSPS) is 10.4. The van der Waals surface area contributed by atoms with Crippen LogP contribution in [0.25, 0.3) is 0 Å². The van der Waals surface area contributed by atoms with Crippen LogP contribution in [0.5, 0.6) is 5.75 Å². The van der Waals surface area contributed by atoms with Crippen LogP contribution < -0.4 is 4.74 Å². The molecule has 22 heavy (non-hydrogen) atoms. The average molecular weight is 299 g/mol. The molecular weight excluding hydrogens is 278 g/mol. The standard InChI is InChI=1S/C18H21NO3/c1-6-14-11-15(7-2)13-16(12-14)22-10-8-9-19(17(20)21)18(3,4)5/h1-2,11-13H,8-10H2,3-5H3,(H,20,21). The van der Waals surface area contributed by atoms with Crippen LogP contribution in [0.2, 0.25) is 0 Å². The molecule has 0 bridgehead atoms. The van der Waals surface area contributed by atoms with E-state index in [1.165, 1.54) is 4.90 Å². The maximum atomic E-state index is 11.2. The fraction of sp³-hybridized carbons (Fsp3) is 0.389. The Morgan fingerprint density at radius 3 is 2.18 bits per heavy atom. The fourth-order valence-electron chi connectivity index (χ4n) is 1.98. The molecule has 0 aliphatic heterocycles. The Kier molecular flexibility index (Phi) is 5.90. The van der Waals surface area contributed by atoms with Gasteiger partial charge in [-0.05, 0) is 45.4 Å². The first kappa shape index (κ1) is 17.5. The first-order chi connectivity index (χ1) is 10.3. The van der Waals surface area contributed by atoms with Crippen molar-refractivity contribution in [3.8, 4) is 30.4 Å². The van der Waals surface area contributed by atoms with Gasteiger partial charge in [0.25, 0.3) is 0 Å². The molecule has 0 unspecified atom stereocenters. The minimum Gasteiger partial charge on any atom is -0.493 e. The first-order valence-corrected chi connectivity index (χ1v) is 6.99. The molecule has 0 radical (unpaired) electrons. The number of amides is 1. The van der Waals surface area contributed by atoms with Crippen molar-refractivity contribution >= 4 is 6.09 Å². The van der Waals surface area contributed by atoms with E-state index in [9.17, 15) is 9.90 Å². The Labute approximate surface area is 132 Å². The lowest BCUT2D eigenvalue weighted by molar-refractivity contribution is 0.0962. The second-order valence-electron chi connectivity index (χ2n) is 5.84. The third kappa shape index (κ3) is 5.07. The number of rotatable bonds is 5. The lowest BCUT2D eigenvalue weighted by Gasteiger charge is -2.33. The van der Waals surface area contributed by atoms with Gasteiger partial charge in [-0.3, -0.25) is 0 Å². The summed E-state index contributed by atoms with van der Waals surface area (Å²) in [6.45, 7) is 6.36. The van der Waals surface area contributed by atoms with E-state index < -0.39 is 11.6 Å². The van der Waals surface area contributed by atoms with Gasteiger partial charge in [-0.1, -0.05) is 11.8 Å². The highest BCUT2D eigenvalue weighted by molar-refractivity contribution is 5.65. The van der Waals surface area contributed by atoms with Crippen molar-refractivity contribution in [1.29, 1.82) is 0 Å². The largest absolute Gasteiger partial charge is 0.493 e. The summed E-state index contributed by atoms with van der Waals surface area (Å²) in [4.78, 5) is 12.6. The molecule has 0 saturated carbocycles. The second kappa shape index (κ2) is 7.43. The predicted molar refractivity (Wildman–Crippen MR) is 86.9 cm³/mol. The van der Waals surface area contributed by atoms with Crippen LogP contribution in [0, 0.1) is 24.7 Å². The number of ether oxygens (including phenoxy) is 1. The zero-order valence-corrected chi connectivity index (χ0v) is 13.2. The van der Waals surface area contributed by atoms with Crippen molar-refractivity contribution < 1.29 is 14.6 Å². The van der Waals surface area contributed by atoms with Gasteiger partial charge in [-0.15, -0.1) is 12.8 Å². The van der Waals surface area contributed by atoms with Crippen molar-refractivity contribution in [2.45, 2.75) is 32.7 Å². The van der Waals surface area contributed by atoms with Gasteiger partial charge < -0.3 is 14.7 Å². The van der Waals surface area contributed by atoms with E-state index in [-0.39, 0.29) is 0 Å². The van der Waals surface area contributed by atoms with Crippen LogP contribution in [-0.2, 0) is 0 Å². The van der Waals surface area contributed by atoms with Crippen LogP contribution in [0.15, 0.2) is 18.2 Å². The molecule has 0 saturated heterocycles. The lowest BCUT2D eigenvalue weighted by Crippen LogP contribution is -2.45. The molecule has 1 aromatic carbocycles.